The van der Waals surface area contributed by atoms with Gasteiger partial charge in [0.05, 0.1) is 18.9 Å². The summed E-state index contributed by atoms with van der Waals surface area (Å²) in [7, 11) is 3.57. The van der Waals surface area contributed by atoms with E-state index in [-0.39, 0.29) is 0 Å². The van der Waals surface area contributed by atoms with Gasteiger partial charge in [0.25, 0.3) is 0 Å². The van der Waals surface area contributed by atoms with E-state index in [0.717, 1.165) is 16.9 Å². The molecule has 0 bridgehead atoms. The molecule has 2 N–H and O–H groups in total. The van der Waals surface area contributed by atoms with Crippen molar-refractivity contribution < 1.29 is 4.74 Å². The number of anilines is 1. The Kier molecular flexibility index (Phi) is 4.47. The van der Waals surface area contributed by atoms with Gasteiger partial charge in [-0.1, -0.05) is 24.4 Å². The van der Waals surface area contributed by atoms with Gasteiger partial charge in [-0.15, -0.1) is 5.10 Å². The second-order valence-corrected chi connectivity index (χ2v) is 4.78. The molecule has 6 heteroatoms. The first-order valence-electron chi connectivity index (χ1n) is 6.07. The molecular formula is C14H16N4OS. The molecule has 0 saturated carbocycles. The number of rotatable bonds is 5. The molecule has 0 saturated heterocycles. The van der Waals surface area contributed by atoms with E-state index in [9.17, 15) is 0 Å². The van der Waals surface area contributed by atoms with Crippen molar-refractivity contribution in [2.24, 2.45) is 5.73 Å². The van der Waals surface area contributed by atoms with Crippen LogP contribution in [0.5, 0.6) is 5.75 Å². The van der Waals surface area contributed by atoms with E-state index in [0.29, 0.717) is 17.4 Å². The molecule has 0 unspecified atom stereocenters. The highest BCUT2D eigenvalue weighted by Crippen LogP contribution is 2.18. The summed E-state index contributed by atoms with van der Waals surface area (Å²) in [4.78, 5) is 2.28. The lowest BCUT2D eigenvalue weighted by molar-refractivity contribution is 0.414. The number of hydrogen-bond acceptors (Lipinski definition) is 5. The van der Waals surface area contributed by atoms with Crippen LogP contribution in [-0.2, 0) is 6.54 Å². The fourth-order valence-corrected chi connectivity index (χ4v) is 2.04. The van der Waals surface area contributed by atoms with Gasteiger partial charge in [-0.3, -0.25) is 0 Å². The fraction of sp³-hybridized carbons (Fsp3) is 0.214. The zero-order valence-corrected chi connectivity index (χ0v) is 12.2. The second kappa shape index (κ2) is 6.29. The van der Waals surface area contributed by atoms with Crippen LogP contribution in [0.1, 0.15) is 11.1 Å². The first-order chi connectivity index (χ1) is 9.61. The molecule has 1 aromatic carbocycles. The number of benzene rings is 1. The van der Waals surface area contributed by atoms with Crippen LogP contribution in [0.2, 0.25) is 0 Å². The van der Waals surface area contributed by atoms with Crippen molar-refractivity contribution in [3.63, 3.8) is 0 Å². The molecule has 20 heavy (non-hydrogen) atoms. The van der Waals surface area contributed by atoms with Crippen LogP contribution >= 0.6 is 12.2 Å². The molecule has 0 aliphatic carbocycles. The molecule has 0 spiro atoms. The summed E-state index contributed by atoms with van der Waals surface area (Å²) in [6, 6.07) is 9.64. The lowest BCUT2D eigenvalue weighted by atomic mass is 10.2. The zero-order valence-electron chi connectivity index (χ0n) is 11.4. The van der Waals surface area contributed by atoms with Crippen LogP contribution in [0.3, 0.4) is 0 Å². The molecule has 0 aliphatic rings. The molecule has 0 radical (unpaired) electrons. The molecule has 1 aromatic heterocycles. The minimum Gasteiger partial charge on any atom is -0.497 e. The van der Waals surface area contributed by atoms with Crippen molar-refractivity contribution in [2.45, 2.75) is 6.54 Å². The fourth-order valence-electron chi connectivity index (χ4n) is 1.88. The zero-order chi connectivity index (χ0) is 14.5. The quantitative estimate of drug-likeness (QED) is 0.846. The predicted molar refractivity (Wildman–Crippen MR) is 83.0 cm³/mol. The van der Waals surface area contributed by atoms with E-state index in [1.165, 1.54) is 0 Å². The molecule has 104 valence electrons. The van der Waals surface area contributed by atoms with Crippen LogP contribution in [-0.4, -0.2) is 29.3 Å². The molecule has 0 amide bonds. The van der Waals surface area contributed by atoms with E-state index in [4.69, 9.17) is 22.7 Å². The normalized spacial score (nSPS) is 10.1. The van der Waals surface area contributed by atoms with Crippen LogP contribution in [0.25, 0.3) is 0 Å². The standard InChI is InChI=1S/C14H16N4OS/c1-18(9-10-3-5-11(19-2)6-4-10)14-12(13(15)20)7-8-16-17-14/h3-8H,9H2,1-2H3,(H2,15,20). The summed E-state index contributed by atoms with van der Waals surface area (Å²) < 4.78 is 5.14. The summed E-state index contributed by atoms with van der Waals surface area (Å²) >= 11 is 5.03. The number of nitrogens with zero attached hydrogens (tertiary/aromatic N) is 3. The monoisotopic (exact) mass is 288 g/mol. The van der Waals surface area contributed by atoms with Crippen LogP contribution < -0.4 is 15.4 Å². The minimum atomic E-state index is 0.316. The van der Waals surface area contributed by atoms with Gasteiger partial charge in [-0.2, -0.15) is 5.10 Å². The third-order valence-corrected chi connectivity index (χ3v) is 3.13. The summed E-state index contributed by atoms with van der Waals surface area (Å²) in [5.74, 6) is 1.51. The topological polar surface area (TPSA) is 64.3 Å². The third-order valence-electron chi connectivity index (χ3n) is 2.91. The number of hydrogen-bond donors (Lipinski definition) is 1. The molecule has 0 atom stereocenters. The van der Waals surface area contributed by atoms with Crippen molar-refractivity contribution in [3.05, 3.63) is 47.7 Å². The number of methoxy groups -OCH3 is 1. The summed E-state index contributed by atoms with van der Waals surface area (Å²) in [5.41, 5.74) is 7.56. The predicted octanol–water partition coefficient (Wildman–Crippen LogP) is 1.76. The van der Waals surface area contributed by atoms with Gasteiger partial charge < -0.3 is 15.4 Å². The first-order valence-corrected chi connectivity index (χ1v) is 6.48. The number of thiocarbonyl (C=S) groups is 1. The average molecular weight is 288 g/mol. The average Bonchev–Trinajstić information content (AvgIpc) is 2.48. The Balaban J connectivity index is 2.19. The van der Waals surface area contributed by atoms with E-state index < -0.39 is 0 Å². The summed E-state index contributed by atoms with van der Waals surface area (Å²) in [6.45, 7) is 0.679. The minimum absolute atomic E-state index is 0.316. The van der Waals surface area contributed by atoms with Gasteiger partial charge in [0.1, 0.15) is 10.7 Å². The largest absolute Gasteiger partial charge is 0.497 e. The Morgan fingerprint density at radius 2 is 2.00 bits per heavy atom. The maximum atomic E-state index is 5.70. The lowest BCUT2D eigenvalue weighted by Gasteiger charge is -2.20. The molecule has 1 heterocycles. The Morgan fingerprint density at radius 1 is 1.30 bits per heavy atom. The summed E-state index contributed by atoms with van der Waals surface area (Å²) in [5, 5.41) is 8.00. The van der Waals surface area contributed by atoms with Crippen LogP contribution in [0.4, 0.5) is 5.82 Å². The Bertz CT molecular complexity index is 600. The van der Waals surface area contributed by atoms with E-state index in [2.05, 4.69) is 10.2 Å². The summed E-state index contributed by atoms with van der Waals surface area (Å²) in [6.07, 6.45) is 1.58. The Labute approximate surface area is 123 Å². The van der Waals surface area contributed by atoms with E-state index in [1.54, 1.807) is 19.4 Å². The van der Waals surface area contributed by atoms with Crippen molar-refractivity contribution in [3.8, 4) is 5.75 Å². The number of ether oxygens (including phenoxy) is 1. The third kappa shape index (κ3) is 3.21. The van der Waals surface area contributed by atoms with Crippen LogP contribution in [0, 0.1) is 0 Å². The van der Waals surface area contributed by atoms with Gasteiger partial charge in [0, 0.05) is 13.6 Å². The van der Waals surface area contributed by atoms with Crippen molar-refractivity contribution in [2.75, 3.05) is 19.1 Å². The molecule has 5 nitrogen and oxygen atoms in total. The van der Waals surface area contributed by atoms with E-state index in [1.807, 2.05) is 36.2 Å². The van der Waals surface area contributed by atoms with Crippen molar-refractivity contribution in [1.29, 1.82) is 0 Å². The lowest BCUT2D eigenvalue weighted by Crippen LogP contribution is -2.23. The molecule has 2 rings (SSSR count). The van der Waals surface area contributed by atoms with Crippen LogP contribution in [0.15, 0.2) is 36.5 Å². The number of nitrogens with two attached hydrogens (primary N) is 1. The molecule has 2 aromatic rings. The number of aromatic nitrogens is 2. The molecule has 0 fully saturated rings. The van der Waals surface area contributed by atoms with Gasteiger partial charge in [0.2, 0.25) is 0 Å². The first kappa shape index (κ1) is 14.2. The molecule has 0 aliphatic heterocycles. The Morgan fingerprint density at radius 3 is 2.60 bits per heavy atom. The van der Waals surface area contributed by atoms with Gasteiger partial charge in [-0.05, 0) is 23.8 Å². The van der Waals surface area contributed by atoms with Gasteiger partial charge >= 0.3 is 0 Å². The van der Waals surface area contributed by atoms with E-state index >= 15 is 0 Å². The highest BCUT2D eigenvalue weighted by Gasteiger charge is 2.11. The van der Waals surface area contributed by atoms with Crippen molar-refractivity contribution >= 4 is 23.0 Å². The molecular weight excluding hydrogens is 272 g/mol. The smallest absolute Gasteiger partial charge is 0.161 e. The highest BCUT2D eigenvalue weighted by atomic mass is 32.1. The van der Waals surface area contributed by atoms with Crippen molar-refractivity contribution in [1.82, 2.24) is 10.2 Å². The van der Waals surface area contributed by atoms with Gasteiger partial charge in [-0.25, -0.2) is 0 Å². The highest BCUT2D eigenvalue weighted by molar-refractivity contribution is 7.80. The SMILES string of the molecule is COc1ccc(CN(C)c2nnccc2C(N)=S)cc1. The Hall–Kier alpha value is -2.21. The maximum Gasteiger partial charge on any atom is 0.161 e. The maximum absolute atomic E-state index is 5.70. The van der Waals surface area contributed by atoms with Gasteiger partial charge in [0.15, 0.2) is 5.82 Å². The second-order valence-electron chi connectivity index (χ2n) is 4.34.